The lowest BCUT2D eigenvalue weighted by Gasteiger charge is -2.24. The SMILES string of the molecule is CCN(CC1CC1)C(=O)[C@@H](N)Cc1cn(Cc2ccccc2)cn1. The van der Waals surface area contributed by atoms with Crippen LogP contribution in [0.5, 0.6) is 0 Å². The van der Waals surface area contributed by atoms with E-state index < -0.39 is 6.04 Å². The minimum atomic E-state index is -0.510. The molecule has 0 aliphatic heterocycles. The number of imidazole rings is 1. The van der Waals surface area contributed by atoms with Gasteiger partial charge in [-0.2, -0.15) is 0 Å². The standard InChI is InChI=1S/C19H26N4O/c1-2-23(12-16-8-9-16)19(24)18(20)10-17-13-22(14-21-17)11-15-6-4-3-5-7-15/h3-7,13-14,16,18H,2,8-12,20H2,1H3/t18-/m0/s1. The van der Waals surface area contributed by atoms with Crippen LogP contribution in [0.4, 0.5) is 0 Å². The van der Waals surface area contributed by atoms with Crippen molar-refractivity contribution in [1.82, 2.24) is 14.5 Å². The van der Waals surface area contributed by atoms with E-state index in [1.165, 1.54) is 18.4 Å². The monoisotopic (exact) mass is 326 g/mol. The number of benzene rings is 1. The maximum Gasteiger partial charge on any atom is 0.239 e. The molecule has 128 valence electrons. The molecule has 1 aliphatic carbocycles. The molecule has 1 atom stereocenters. The van der Waals surface area contributed by atoms with Crippen LogP contribution < -0.4 is 5.73 Å². The van der Waals surface area contributed by atoms with Gasteiger partial charge in [0.2, 0.25) is 5.91 Å². The summed E-state index contributed by atoms with van der Waals surface area (Å²) in [6.07, 6.45) is 6.76. The molecule has 1 aromatic carbocycles. The van der Waals surface area contributed by atoms with Gasteiger partial charge in [0.25, 0.3) is 0 Å². The molecular weight excluding hydrogens is 300 g/mol. The highest BCUT2D eigenvalue weighted by Gasteiger charge is 2.28. The lowest BCUT2D eigenvalue weighted by atomic mass is 10.1. The van der Waals surface area contributed by atoms with E-state index in [1.54, 1.807) is 6.33 Å². The largest absolute Gasteiger partial charge is 0.341 e. The van der Waals surface area contributed by atoms with Gasteiger partial charge in [0.05, 0.1) is 18.1 Å². The number of hydrogen-bond donors (Lipinski definition) is 1. The number of rotatable bonds is 8. The van der Waals surface area contributed by atoms with Crippen LogP contribution in [0.25, 0.3) is 0 Å². The fourth-order valence-electron chi connectivity index (χ4n) is 2.93. The van der Waals surface area contributed by atoms with Crippen molar-refractivity contribution in [3.8, 4) is 0 Å². The van der Waals surface area contributed by atoms with Crippen LogP contribution in [0, 0.1) is 5.92 Å². The van der Waals surface area contributed by atoms with E-state index in [-0.39, 0.29) is 5.91 Å². The molecule has 5 nitrogen and oxygen atoms in total. The molecule has 0 radical (unpaired) electrons. The molecule has 0 saturated heterocycles. The topological polar surface area (TPSA) is 64.2 Å². The van der Waals surface area contributed by atoms with Gasteiger partial charge in [0.1, 0.15) is 0 Å². The normalized spacial score (nSPS) is 15.2. The van der Waals surface area contributed by atoms with Crippen LogP contribution in [-0.4, -0.2) is 39.5 Å². The van der Waals surface area contributed by atoms with Crippen molar-refractivity contribution in [3.05, 3.63) is 54.1 Å². The Hall–Kier alpha value is -2.14. The first-order chi connectivity index (χ1) is 11.7. The van der Waals surface area contributed by atoms with E-state index >= 15 is 0 Å². The smallest absolute Gasteiger partial charge is 0.239 e. The first-order valence-electron chi connectivity index (χ1n) is 8.74. The number of carbonyl (C=O) groups is 1. The summed E-state index contributed by atoms with van der Waals surface area (Å²) in [4.78, 5) is 18.8. The van der Waals surface area contributed by atoms with Crippen molar-refractivity contribution in [3.63, 3.8) is 0 Å². The molecule has 3 rings (SSSR count). The number of carbonyl (C=O) groups excluding carboxylic acids is 1. The molecule has 1 amide bonds. The highest BCUT2D eigenvalue weighted by molar-refractivity contribution is 5.81. The Morgan fingerprint density at radius 3 is 2.79 bits per heavy atom. The van der Waals surface area contributed by atoms with Crippen molar-refractivity contribution < 1.29 is 4.79 Å². The fraction of sp³-hybridized carbons (Fsp3) is 0.474. The third-order valence-corrected chi connectivity index (χ3v) is 4.51. The van der Waals surface area contributed by atoms with E-state index in [2.05, 4.69) is 17.1 Å². The highest BCUT2D eigenvalue weighted by atomic mass is 16.2. The molecule has 0 bridgehead atoms. The number of amides is 1. The molecule has 0 spiro atoms. The molecule has 1 aromatic heterocycles. The number of aromatic nitrogens is 2. The number of likely N-dealkylation sites (N-methyl/N-ethyl adjacent to an activating group) is 1. The van der Waals surface area contributed by atoms with Gasteiger partial charge < -0.3 is 15.2 Å². The second kappa shape index (κ2) is 7.62. The first-order valence-corrected chi connectivity index (χ1v) is 8.74. The van der Waals surface area contributed by atoms with Crippen LogP contribution in [0.1, 0.15) is 31.0 Å². The quantitative estimate of drug-likeness (QED) is 0.807. The van der Waals surface area contributed by atoms with Crippen molar-refractivity contribution in [2.45, 2.75) is 38.8 Å². The maximum atomic E-state index is 12.5. The zero-order chi connectivity index (χ0) is 16.9. The molecule has 2 N–H and O–H groups in total. The summed E-state index contributed by atoms with van der Waals surface area (Å²) >= 11 is 0. The lowest BCUT2D eigenvalue weighted by molar-refractivity contribution is -0.132. The summed E-state index contributed by atoms with van der Waals surface area (Å²) < 4.78 is 2.03. The average Bonchev–Trinajstić information content (AvgIpc) is 3.32. The molecule has 1 heterocycles. The number of hydrogen-bond acceptors (Lipinski definition) is 3. The molecule has 0 unspecified atom stereocenters. The first kappa shape index (κ1) is 16.7. The van der Waals surface area contributed by atoms with E-state index in [4.69, 9.17) is 5.73 Å². The fourth-order valence-corrected chi connectivity index (χ4v) is 2.93. The van der Waals surface area contributed by atoms with E-state index in [9.17, 15) is 4.79 Å². The highest BCUT2D eigenvalue weighted by Crippen LogP contribution is 2.29. The van der Waals surface area contributed by atoms with E-state index in [0.29, 0.717) is 12.3 Å². The van der Waals surface area contributed by atoms with Crippen molar-refractivity contribution in [2.75, 3.05) is 13.1 Å². The van der Waals surface area contributed by atoms with Gasteiger partial charge in [0, 0.05) is 32.3 Å². The minimum Gasteiger partial charge on any atom is -0.341 e. The van der Waals surface area contributed by atoms with Gasteiger partial charge in [-0.1, -0.05) is 30.3 Å². The van der Waals surface area contributed by atoms with E-state index in [1.807, 2.05) is 40.8 Å². The van der Waals surface area contributed by atoms with E-state index in [0.717, 1.165) is 25.3 Å². The molecule has 1 aliphatic rings. The number of nitrogens with two attached hydrogens (primary N) is 1. The Labute approximate surface area is 143 Å². The minimum absolute atomic E-state index is 0.0435. The summed E-state index contributed by atoms with van der Waals surface area (Å²) in [5.74, 6) is 0.730. The maximum absolute atomic E-state index is 12.5. The summed E-state index contributed by atoms with van der Waals surface area (Å²) in [7, 11) is 0. The van der Waals surface area contributed by atoms with Crippen LogP contribution in [-0.2, 0) is 17.8 Å². The molecule has 24 heavy (non-hydrogen) atoms. The van der Waals surface area contributed by atoms with Crippen LogP contribution in [0.2, 0.25) is 0 Å². The Morgan fingerprint density at radius 2 is 2.12 bits per heavy atom. The lowest BCUT2D eigenvalue weighted by Crippen LogP contribution is -2.45. The average molecular weight is 326 g/mol. The van der Waals surface area contributed by atoms with Gasteiger partial charge in [-0.15, -0.1) is 0 Å². The summed E-state index contributed by atoms with van der Waals surface area (Å²) in [6, 6.07) is 9.73. The Morgan fingerprint density at radius 1 is 1.38 bits per heavy atom. The van der Waals surface area contributed by atoms with Gasteiger partial charge in [-0.05, 0) is 31.2 Å². The zero-order valence-corrected chi connectivity index (χ0v) is 14.3. The van der Waals surface area contributed by atoms with Gasteiger partial charge in [0.15, 0.2) is 0 Å². The van der Waals surface area contributed by atoms with Gasteiger partial charge >= 0.3 is 0 Å². The molecule has 5 heteroatoms. The molecule has 2 aromatic rings. The Kier molecular flexibility index (Phi) is 5.30. The second-order valence-corrected chi connectivity index (χ2v) is 6.65. The third-order valence-electron chi connectivity index (χ3n) is 4.51. The third kappa shape index (κ3) is 4.45. The van der Waals surface area contributed by atoms with Crippen molar-refractivity contribution in [2.24, 2.45) is 11.7 Å². The number of nitrogens with zero attached hydrogens (tertiary/aromatic N) is 3. The predicted molar refractivity (Wildman–Crippen MR) is 94.4 cm³/mol. The molecular formula is C19H26N4O. The Bertz CT molecular complexity index is 663. The predicted octanol–water partition coefficient (Wildman–Crippen LogP) is 2.06. The molecule has 1 saturated carbocycles. The zero-order valence-electron chi connectivity index (χ0n) is 14.3. The van der Waals surface area contributed by atoms with Crippen LogP contribution in [0.15, 0.2) is 42.9 Å². The second-order valence-electron chi connectivity index (χ2n) is 6.65. The van der Waals surface area contributed by atoms with Crippen molar-refractivity contribution in [1.29, 1.82) is 0 Å². The molecule has 1 fully saturated rings. The van der Waals surface area contributed by atoms with Crippen LogP contribution in [0.3, 0.4) is 0 Å². The Balaban J connectivity index is 1.56. The van der Waals surface area contributed by atoms with Crippen molar-refractivity contribution >= 4 is 5.91 Å². The summed E-state index contributed by atoms with van der Waals surface area (Å²) in [6.45, 7) is 4.37. The van der Waals surface area contributed by atoms with Crippen LogP contribution >= 0.6 is 0 Å². The summed E-state index contributed by atoms with van der Waals surface area (Å²) in [5.41, 5.74) is 8.24. The van der Waals surface area contributed by atoms with Gasteiger partial charge in [-0.3, -0.25) is 4.79 Å². The van der Waals surface area contributed by atoms with Gasteiger partial charge in [-0.25, -0.2) is 4.98 Å². The summed E-state index contributed by atoms with van der Waals surface area (Å²) in [5, 5.41) is 0.